The fourth-order valence-electron chi connectivity index (χ4n) is 2.02. The Kier molecular flexibility index (Phi) is 5.41. The Hall–Kier alpha value is -1.47. The number of pyridine rings is 1. The number of hydrogen-bond donors (Lipinski definition) is 0. The number of hydrogen-bond acceptors (Lipinski definition) is 5. The van der Waals surface area contributed by atoms with Crippen LogP contribution in [0.3, 0.4) is 0 Å². The van der Waals surface area contributed by atoms with Gasteiger partial charge in [-0.05, 0) is 19.2 Å². The molecule has 0 unspecified atom stereocenters. The van der Waals surface area contributed by atoms with Gasteiger partial charge in [0.15, 0.2) is 0 Å². The molecule has 2 aromatic heterocycles. The van der Waals surface area contributed by atoms with E-state index >= 15 is 0 Å². The number of rotatable bonds is 5. The second kappa shape index (κ2) is 6.97. The lowest BCUT2D eigenvalue weighted by Crippen LogP contribution is -2.32. The summed E-state index contributed by atoms with van der Waals surface area (Å²) in [6, 6.07) is 1.40. The smallest absolute Gasteiger partial charge is 0.228 e. The van der Waals surface area contributed by atoms with E-state index in [2.05, 4.69) is 9.97 Å². The molecule has 23 heavy (non-hydrogen) atoms. The molecule has 0 radical (unpaired) electrons. The third-order valence-electron chi connectivity index (χ3n) is 3.53. The van der Waals surface area contributed by atoms with Crippen molar-refractivity contribution >= 4 is 34.0 Å². The number of halogens is 1. The van der Waals surface area contributed by atoms with Crippen molar-refractivity contribution in [2.45, 2.75) is 31.9 Å². The van der Waals surface area contributed by atoms with Crippen LogP contribution in [0.1, 0.15) is 26.0 Å². The highest BCUT2D eigenvalue weighted by Gasteiger charge is 2.25. The molecule has 0 spiro atoms. The first-order valence-electron chi connectivity index (χ1n) is 7.13. The molecule has 2 heterocycles. The number of nitrogens with zero attached hydrogens (tertiary/aromatic N) is 3. The zero-order valence-electron chi connectivity index (χ0n) is 13.9. The molecular weight excluding hydrogens is 333 g/mol. The van der Waals surface area contributed by atoms with Gasteiger partial charge in [-0.1, -0.05) is 25.2 Å². The van der Waals surface area contributed by atoms with Gasteiger partial charge in [-0.15, -0.1) is 0 Å². The highest BCUT2D eigenvalue weighted by atomic mass is 32.2. The van der Waals surface area contributed by atoms with E-state index < -0.39 is 5.82 Å². The minimum atomic E-state index is -0.400. The molecule has 0 aromatic carbocycles. The molecule has 0 atom stereocenters. The summed E-state index contributed by atoms with van der Waals surface area (Å²) in [5, 5.41) is 1.44. The number of anilines is 1. The molecule has 0 N–H and O–H groups in total. The van der Waals surface area contributed by atoms with Gasteiger partial charge in [-0.2, -0.15) is 11.8 Å². The largest absolute Gasteiger partial charge is 0.305 e. The summed E-state index contributed by atoms with van der Waals surface area (Å²) in [5.41, 5.74) is 1.38. The molecule has 2 rings (SSSR count). The molecule has 7 heteroatoms. The normalized spacial score (nSPS) is 11.6. The average molecular weight is 353 g/mol. The Morgan fingerprint density at radius 1 is 1.43 bits per heavy atom. The Labute approximate surface area is 144 Å². The van der Waals surface area contributed by atoms with Crippen molar-refractivity contribution in [1.29, 1.82) is 0 Å². The first-order chi connectivity index (χ1) is 10.7. The molecule has 0 fully saturated rings. The maximum absolute atomic E-state index is 13.3. The molecule has 0 bridgehead atoms. The van der Waals surface area contributed by atoms with Gasteiger partial charge in [0.1, 0.15) is 15.8 Å². The zero-order chi connectivity index (χ0) is 17.2. The van der Waals surface area contributed by atoms with Crippen LogP contribution in [-0.2, 0) is 4.79 Å². The second-order valence-corrected chi connectivity index (χ2v) is 8.39. The lowest BCUT2D eigenvalue weighted by Gasteiger charge is -2.24. The van der Waals surface area contributed by atoms with Gasteiger partial charge in [0.2, 0.25) is 5.91 Å². The predicted octanol–water partition coefficient (Wildman–Crippen LogP) is 4.15. The van der Waals surface area contributed by atoms with Gasteiger partial charge in [-0.3, -0.25) is 9.78 Å². The standard InChI is InChI=1S/C16H20FN3OS2/c1-10-15(20(4)13(21)7-16(2,3)22-5)23-14(19-10)11-6-12(17)9-18-8-11/h6,8-9H,7H2,1-5H3. The van der Waals surface area contributed by atoms with Crippen molar-refractivity contribution in [2.24, 2.45) is 0 Å². The van der Waals surface area contributed by atoms with Crippen molar-refractivity contribution in [3.05, 3.63) is 30.0 Å². The summed E-state index contributed by atoms with van der Waals surface area (Å²) in [6.45, 7) is 5.95. The molecule has 4 nitrogen and oxygen atoms in total. The van der Waals surface area contributed by atoms with E-state index in [9.17, 15) is 9.18 Å². The highest BCUT2D eigenvalue weighted by molar-refractivity contribution is 7.99. The number of carbonyl (C=O) groups excluding carboxylic acids is 1. The van der Waals surface area contributed by atoms with Crippen molar-refractivity contribution in [2.75, 3.05) is 18.2 Å². The molecule has 1 amide bonds. The molecular formula is C16H20FN3OS2. The summed E-state index contributed by atoms with van der Waals surface area (Å²) in [4.78, 5) is 22.4. The van der Waals surface area contributed by atoms with Crippen LogP contribution < -0.4 is 4.90 Å². The van der Waals surface area contributed by atoms with E-state index in [0.717, 1.165) is 16.9 Å². The minimum Gasteiger partial charge on any atom is -0.305 e. The molecule has 0 aliphatic rings. The third-order valence-corrected chi connectivity index (χ3v) is 6.06. The lowest BCUT2D eigenvalue weighted by molar-refractivity contribution is -0.118. The van der Waals surface area contributed by atoms with Crippen molar-refractivity contribution in [3.63, 3.8) is 0 Å². The summed E-state index contributed by atoms with van der Waals surface area (Å²) < 4.78 is 13.2. The van der Waals surface area contributed by atoms with Crippen molar-refractivity contribution in [1.82, 2.24) is 9.97 Å². The van der Waals surface area contributed by atoms with E-state index in [1.807, 2.05) is 27.0 Å². The average Bonchev–Trinajstić information content (AvgIpc) is 2.88. The van der Waals surface area contributed by atoms with E-state index in [0.29, 0.717) is 17.0 Å². The molecule has 0 saturated carbocycles. The van der Waals surface area contributed by atoms with Gasteiger partial charge in [0, 0.05) is 30.0 Å². The molecule has 0 aliphatic heterocycles. The Morgan fingerprint density at radius 3 is 2.74 bits per heavy atom. The topological polar surface area (TPSA) is 46.1 Å². The third kappa shape index (κ3) is 4.29. The number of thioether (sulfide) groups is 1. The van der Waals surface area contributed by atoms with E-state index in [4.69, 9.17) is 0 Å². The fourth-order valence-corrected chi connectivity index (χ4v) is 3.32. The minimum absolute atomic E-state index is 0.0417. The van der Waals surface area contributed by atoms with Gasteiger partial charge in [0.25, 0.3) is 0 Å². The van der Waals surface area contributed by atoms with Crippen LogP contribution in [0.15, 0.2) is 18.5 Å². The second-order valence-electron chi connectivity index (χ2n) is 5.89. The quantitative estimate of drug-likeness (QED) is 0.810. The molecule has 0 saturated heterocycles. The fraction of sp³-hybridized carbons (Fsp3) is 0.438. The molecule has 124 valence electrons. The van der Waals surface area contributed by atoms with Crippen LogP contribution >= 0.6 is 23.1 Å². The Balaban J connectivity index is 2.25. The summed E-state index contributed by atoms with van der Waals surface area (Å²) in [6.07, 6.45) is 5.17. The first kappa shape index (κ1) is 17.9. The summed E-state index contributed by atoms with van der Waals surface area (Å²) in [5.74, 6) is -0.358. The Morgan fingerprint density at radius 2 is 2.13 bits per heavy atom. The van der Waals surface area contributed by atoms with E-state index in [1.165, 1.54) is 17.4 Å². The van der Waals surface area contributed by atoms with Crippen LogP contribution in [0.4, 0.5) is 9.39 Å². The van der Waals surface area contributed by atoms with Gasteiger partial charge >= 0.3 is 0 Å². The van der Waals surface area contributed by atoms with Crippen molar-refractivity contribution < 1.29 is 9.18 Å². The summed E-state index contributed by atoms with van der Waals surface area (Å²) in [7, 11) is 1.76. The molecule has 0 aliphatic carbocycles. The highest BCUT2D eigenvalue weighted by Crippen LogP contribution is 2.35. The SMILES string of the molecule is CSC(C)(C)CC(=O)N(C)c1sc(-c2cncc(F)c2)nc1C. The van der Waals surface area contributed by atoms with Crippen LogP contribution in [0.2, 0.25) is 0 Å². The number of thiazole rings is 1. The first-order valence-corrected chi connectivity index (χ1v) is 9.17. The lowest BCUT2D eigenvalue weighted by atomic mass is 10.1. The van der Waals surface area contributed by atoms with Crippen LogP contribution in [-0.4, -0.2) is 33.9 Å². The zero-order valence-corrected chi connectivity index (χ0v) is 15.5. The number of aromatic nitrogens is 2. The number of aryl methyl sites for hydroxylation is 1. The molecule has 2 aromatic rings. The van der Waals surface area contributed by atoms with Crippen LogP contribution in [0, 0.1) is 12.7 Å². The predicted molar refractivity (Wildman–Crippen MR) is 95.7 cm³/mol. The van der Waals surface area contributed by atoms with Gasteiger partial charge < -0.3 is 4.90 Å². The van der Waals surface area contributed by atoms with Gasteiger partial charge in [0.05, 0.1) is 11.9 Å². The van der Waals surface area contributed by atoms with Gasteiger partial charge in [-0.25, -0.2) is 9.37 Å². The Bertz CT molecular complexity index is 715. The van der Waals surface area contributed by atoms with Crippen LogP contribution in [0.5, 0.6) is 0 Å². The monoisotopic (exact) mass is 353 g/mol. The number of amides is 1. The summed E-state index contributed by atoms with van der Waals surface area (Å²) >= 11 is 3.04. The van der Waals surface area contributed by atoms with E-state index in [1.54, 1.807) is 29.9 Å². The number of carbonyl (C=O) groups is 1. The maximum atomic E-state index is 13.3. The van der Waals surface area contributed by atoms with E-state index in [-0.39, 0.29) is 10.7 Å². The van der Waals surface area contributed by atoms with Crippen molar-refractivity contribution in [3.8, 4) is 10.6 Å². The maximum Gasteiger partial charge on any atom is 0.228 e. The van der Waals surface area contributed by atoms with Crippen LogP contribution in [0.25, 0.3) is 10.6 Å².